The molecule has 0 aromatic heterocycles. The SMILES string of the molecule is CNC(Cc1cccc(Br)c1)c1cc(F)c(Cl)cc1F. The first-order valence-electron chi connectivity index (χ1n) is 6.07. The number of likely N-dealkylation sites (N-methyl/N-ethyl adjacent to an activating group) is 1. The molecule has 1 N–H and O–H groups in total. The fourth-order valence-electron chi connectivity index (χ4n) is 2.07. The Hall–Kier alpha value is -0.970. The van der Waals surface area contributed by atoms with Gasteiger partial charge in [0.25, 0.3) is 0 Å². The van der Waals surface area contributed by atoms with Gasteiger partial charge in [-0.1, -0.05) is 39.7 Å². The average Bonchev–Trinajstić information content (AvgIpc) is 2.40. The largest absolute Gasteiger partial charge is 0.313 e. The van der Waals surface area contributed by atoms with Gasteiger partial charge in [-0.3, -0.25) is 0 Å². The summed E-state index contributed by atoms with van der Waals surface area (Å²) in [4.78, 5) is 0. The Bertz CT molecular complexity index is 619. The van der Waals surface area contributed by atoms with Gasteiger partial charge < -0.3 is 5.32 Å². The van der Waals surface area contributed by atoms with Crippen LogP contribution in [0.1, 0.15) is 17.2 Å². The van der Waals surface area contributed by atoms with Crippen LogP contribution in [0.15, 0.2) is 40.9 Å². The molecule has 2 aromatic carbocycles. The fraction of sp³-hybridized carbons (Fsp3) is 0.200. The third-order valence-electron chi connectivity index (χ3n) is 3.09. The monoisotopic (exact) mass is 359 g/mol. The van der Waals surface area contributed by atoms with Crippen LogP contribution in [0.4, 0.5) is 8.78 Å². The van der Waals surface area contributed by atoms with Crippen molar-refractivity contribution in [3.8, 4) is 0 Å². The fourth-order valence-corrected chi connectivity index (χ4v) is 2.67. The third-order valence-corrected chi connectivity index (χ3v) is 3.88. The minimum absolute atomic E-state index is 0.205. The highest BCUT2D eigenvalue weighted by molar-refractivity contribution is 9.10. The zero-order valence-electron chi connectivity index (χ0n) is 10.8. The summed E-state index contributed by atoms with van der Waals surface area (Å²) in [5.41, 5.74) is 1.29. The van der Waals surface area contributed by atoms with E-state index in [4.69, 9.17) is 11.6 Å². The minimum Gasteiger partial charge on any atom is -0.313 e. The summed E-state index contributed by atoms with van der Waals surface area (Å²) in [5.74, 6) is -1.12. The molecule has 1 atom stereocenters. The van der Waals surface area contributed by atoms with Crippen LogP contribution in [0.25, 0.3) is 0 Å². The zero-order chi connectivity index (χ0) is 14.7. The molecule has 0 heterocycles. The van der Waals surface area contributed by atoms with Crippen molar-refractivity contribution in [2.75, 3.05) is 7.05 Å². The second kappa shape index (κ2) is 6.66. The van der Waals surface area contributed by atoms with Crippen molar-refractivity contribution in [2.45, 2.75) is 12.5 Å². The van der Waals surface area contributed by atoms with Gasteiger partial charge in [-0.05, 0) is 43.3 Å². The van der Waals surface area contributed by atoms with Crippen molar-refractivity contribution in [1.29, 1.82) is 0 Å². The highest BCUT2D eigenvalue weighted by Gasteiger charge is 2.17. The molecule has 0 fully saturated rings. The van der Waals surface area contributed by atoms with Gasteiger partial charge in [0.1, 0.15) is 11.6 Å². The maximum absolute atomic E-state index is 13.9. The van der Waals surface area contributed by atoms with E-state index in [2.05, 4.69) is 21.2 Å². The van der Waals surface area contributed by atoms with E-state index in [-0.39, 0.29) is 16.6 Å². The Balaban J connectivity index is 2.31. The van der Waals surface area contributed by atoms with Crippen LogP contribution in [0.3, 0.4) is 0 Å². The van der Waals surface area contributed by atoms with Crippen molar-refractivity contribution in [1.82, 2.24) is 5.32 Å². The Morgan fingerprint density at radius 3 is 2.60 bits per heavy atom. The molecule has 0 radical (unpaired) electrons. The predicted molar refractivity (Wildman–Crippen MR) is 81.0 cm³/mol. The molecule has 0 aliphatic heterocycles. The van der Waals surface area contributed by atoms with Crippen molar-refractivity contribution < 1.29 is 8.78 Å². The van der Waals surface area contributed by atoms with Crippen LogP contribution < -0.4 is 5.32 Å². The van der Waals surface area contributed by atoms with E-state index in [9.17, 15) is 8.78 Å². The molecule has 1 unspecified atom stereocenters. The first kappa shape index (κ1) is 15.4. The van der Waals surface area contributed by atoms with E-state index in [1.54, 1.807) is 7.05 Å². The molecule has 2 rings (SSSR count). The Morgan fingerprint density at radius 2 is 1.95 bits per heavy atom. The van der Waals surface area contributed by atoms with E-state index in [0.29, 0.717) is 6.42 Å². The van der Waals surface area contributed by atoms with Gasteiger partial charge >= 0.3 is 0 Å². The summed E-state index contributed by atoms with van der Waals surface area (Å²) >= 11 is 8.97. The average molecular weight is 361 g/mol. The Labute approximate surface area is 130 Å². The molecule has 0 bridgehead atoms. The second-order valence-electron chi connectivity index (χ2n) is 4.46. The molecular formula is C15H13BrClF2N. The molecule has 0 amide bonds. The first-order valence-corrected chi connectivity index (χ1v) is 7.24. The predicted octanol–water partition coefficient (Wildman–Crippen LogP) is 4.88. The number of hydrogen-bond donors (Lipinski definition) is 1. The molecule has 0 spiro atoms. The summed E-state index contributed by atoms with van der Waals surface area (Å²) < 4.78 is 28.4. The standard InChI is InChI=1S/C15H13BrClF2N/c1-20-15(6-9-3-2-4-10(16)5-9)11-7-14(19)12(17)8-13(11)18/h2-5,7-8,15,20H,6H2,1H3. The lowest BCUT2D eigenvalue weighted by molar-refractivity contribution is 0.523. The number of hydrogen-bond acceptors (Lipinski definition) is 1. The van der Waals surface area contributed by atoms with Gasteiger partial charge in [0.05, 0.1) is 5.02 Å². The van der Waals surface area contributed by atoms with Gasteiger partial charge in [-0.15, -0.1) is 0 Å². The maximum atomic E-state index is 13.9. The number of halogens is 4. The van der Waals surface area contributed by atoms with Crippen molar-refractivity contribution in [3.05, 3.63) is 68.7 Å². The summed E-state index contributed by atoms with van der Waals surface area (Å²) in [6.07, 6.45) is 0.550. The molecule has 0 aliphatic rings. The molecule has 20 heavy (non-hydrogen) atoms. The van der Waals surface area contributed by atoms with Gasteiger partial charge in [0.15, 0.2) is 0 Å². The quantitative estimate of drug-likeness (QED) is 0.766. The summed E-state index contributed by atoms with van der Waals surface area (Å²) in [6.45, 7) is 0. The zero-order valence-corrected chi connectivity index (χ0v) is 13.1. The number of nitrogens with one attached hydrogen (secondary N) is 1. The lowest BCUT2D eigenvalue weighted by atomic mass is 9.98. The molecule has 0 saturated carbocycles. The molecular weight excluding hydrogens is 348 g/mol. The van der Waals surface area contributed by atoms with Crippen LogP contribution in [0.2, 0.25) is 5.02 Å². The summed E-state index contributed by atoms with van der Waals surface area (Å²) in [6, 6.07) is 9.56. The van der Waals surface area contributed by atoms with Crippen LogP contribution in [0.5, 0.6) is 0 Å². The summed E-state index contributed by atoms with van der Waals surface area (Å²) in [5, 5.41) is 2.80. The smallest absolute Gasteiger partial charge is 0.142 e. The molecule has 2 aromatic rings. The highest BCUT2D eigenvalue weighted by Crippen LogP contribution is 2.26. The van der Waals surface area contributed by atoms with Gasteiger partial charge in [0.2, 0.25) is 0 Å². The van der Waals surface area contributed by atoms with E-state index < -0.39 is 11.6 Å². The van der Waals surface area contributed by atoms with E-state index in [1.807, 2.05) is 24.3 Å². The highest BCUT2D eigenvalue weighted by atomic mass is 79.9. The number of benzene rings is 2. The van der Waals surface area contributed by atoms with Gasteiger partial charge in [-0.2, -0.15) is 0 Å². The summed E-state index contributed by atoms with van der Waals surface area (Å²) in [7, 11) is 1.72. The van der Waals surface area contributed by atoms with Crippen LogP contribution in [-0.2, 0) is 6.42 Å². The Kier molecular flexibility index (Phi) is 5.13. The molecule has 5 heteroatoms. The minimum atomic E-state index is -0.613. The second-order valence-corrected chi connectivity index (χ2v) is 5.79. The molecule has 0 aliphatic carbocycles. The van der Waals surface area contributed by atoms with E-state index in [0.717, 1.165) is 22.2 Å². The van der Waals surface area contributed by atoms with Crippen LogP contribution in [0, 0.1) is 11.6 Å². The van der Waals surface area contributed by atoms with Gasteiger partial charge in [0, 0.05) is 16.1 Å². The number of rotatable bonds is 4. The Morgan fingerprint density at radius 1 is 1.20 bits per heavy atom. The lowest BCUT2D eigenvalue weighted by Gasteiger charge is -2.18. The molecule has 106 valence electrons. The molecule has 1 nitrogen and oxygen atoms in total. The molecule has 0 saturated heterocycles. The van der Waals surface area contributed by atoms with E-state index >= 15 is 0 Å². The van der Waals surface area contributed by atoms with Crippen LogP contribution in [-0.4, -0.2) is 7.05 Å². The van der Waals surface area contributed by atoms with Gasteiger partial charge in [-0.25, -0.2) is 8.78 Å². The van der Waals surface area contributed by atoms with Crippen molar-refractivity contribution in [2.24, 2.45) is 0 Å². The lowest BCUT2D eigenvalue weighted by Crippen LogP contribution is -2.20. The van der Waals surface area contributed by atoms with Crippen LogP contribution >= 0.6 is 27.5 Å². The van der Waals surface area contributed by atoms with Crippen molar-refractivity contribution >= 4 is 27.5 Å². The van der Waals surface area contributed by atoms with E-state index in [1.165, 1.54) is 0 Å². The topological polar surface area (TPSA) is 12.0 Å². The third kappa shape index (κ3) is 3.57. The maximum Gasteiger partial charge on any atom is 0.142 e. The first-order chi connectivity index (χ1) is 9.51. The normalized spacial score (nSPS) is 12.4. The van der Waals surface area contributed by atoms with Crippen molar-refractivity contribution in [3.63, 3.8) is 0 Å².